The fourth-order valence-corrected chi connectivity index (χ4v) is 2.72. The molecule has 6 heteroatoms. The molecule has 0 bridgehead atoms. The Bertz CT molecular complexity index is 1020. The van der Waals surface area contributed by atoms with E-state index in [1.807, 2.05) is 60.7 Å². The molecule has 0 saturated carbocycles. The predicted octanol–water partition coefficient (Wildman–Crippen LogP) is 3.15. The number of aliphatic hydroxyl groups excluding tert-OH is 2. The Morgan fingerprint density at radius 2 is 1.67 bits per heavy atom. The summed E-state index contributed by atoms with van der Waals surface area (Å²) in [5.41, 5.74) is 4.35. The van der Waals surface area contributed by atoms with Crippen LogP contribution >= 0.6 is 11.6 Å². The molecule has 0 saturated heterocycles. The fourth-order valence-electron chi connectivity index (χ4n) is 2.60. The van der Waals surface area contributed by atoms with Crippen molar-refractivity contribution in [2.45, 2.75) is 6.04 Å². The van der Waals surface area contributed by atoms with Gasteiger partial charge in [-0.05, 0) is 47.9 Å². The zero-order valence-corrected chi connectivity index (χ0v) is 17.0. The topological polar surface area (TPSA) is 78.3 Å². The van der Waals surface area contributed by atoms with Crippen LogP contribution in [-0.2, 0) is 0 Å². The van der Waals surface area contributed by atoms with Crippen molar-refractivity contribution in [3.05, 3.63) is 89.0 Å². The highest BCUT2D eigenvalue weighted by Crippen LogP contribution is 2.20. The molecule has 0 amide bonds. The molecule has 2 heterocycles. The molecule has 5 nitrogen and oxygen atoms in total. The zero-order chi connectivity index (χ0) is 21.2. The molecule has 0 unspecified atom stereocenters. The average Bonchev–Trinajstić information content (AvgIpc) is 2.79. The third-order valence-electron chi connectivity index (χ3n) is 4.32. The van der Waals surface area contributed by atoms with Crippen LogP contribution in [0.2, 0.25) is 5.02 Å². The van der Waals surface area contributed by atoms with Crippen molar-refractivity contribution in [3.63, 3.8) is 0 Å². The van der Waals surface area contributed by atoms with E-state index in [1.54, 1.807) is 12.4 Å². The van der Waals surface area contributed by atoms with Crippen molar-refractivity contribution < 1.29 is 10.2 Å². The summed E-state index contributed by atoms with van der Waals surface area (Å²) in [7, 11) is 0. The molecular formula is C24H22ClN3O2. The van der Waals surface area contributed by atoms with Crippen molar-refractivity contribution in [2.24, 2.45) is 0 Å². The Hall–Kier alpha value is -3.01. The molecule has 0 aliphatic rings. The van der Waals surface area contributed by atoms with Gasteiger partial charge in [-0.1, -0.05) is 41.8 Å². The van der Waals surface area contributed by atoms with Crippen molar-refractivity contribution in [2.75, 3.05) is 19.8 Å². The molecule has 0 aliphatic heterocycles. The number of hydrogen-bond donors (Lipinski definition) is 3. The molecule has 0 radical (unpaired) electrons. The summed E-state index contributed by atoms with van der Waals surface area (Å²) in [6.45, 7) is 0.329. The Labute approximate surface area is 181 Å². The molecule has 3 aromatic rings. The molecular weight excluding hydrogens is 398 g/mol. The number of rotatable bonds is 7. The van der Waals surface area contributed by atoms with E-state index in [4.69, 9.17) is 21.8 Å². The Kier molecular flexibility index (Phi) is 8.13. The number of benzene rings is 1. The van der Waals surface area contributed by atoms with Crippen LogP contribution in [0, 0.1) is 11.8 Å². The molecule has 3 N–H and O–H groups in total. The Morgan fingerprint density at radius 1 is 0.900 bits per heavy atom. The first-order chi connectivity index (χ1) is 14.7. The maximum absolute atomic E-state index is 9.00. The van der Waals surface area contributed by atoms with Gasteiger partial charge in [0, 0.05) is 35.1 Å². The largest absolute Gasteiger partial charge is 0.395 e. The smallest absolute Gasteiger partial charge is 0.113 e. The van der Waals surface area contributed by atoms with E-state index in [0.29, 0.717) is 17.3 Å². The third kappa shape index (κ3) is 6.51. The van der Waals surface area contributed by atoms with Crippen LogP contribution in [-0.4, -0.2) is 46.0 Å². The van der Waals surface area contributed by atoms with Crippen LogP contribution in [0.15, 0.2) is 67.0 Å². The van der Waals surface area contributed by atoms with Gasteiger partial charge in [0.25, 0.3) is 0 Å². The first kappa shape index (κ1) is 21.7. The Balaban J connectivity index is 1.57. The Morgan fingerprint density at radius 3 is 2.30 bits per heavy atom. The van der Waals surface area contributed by atoms with Crippen LogP contribution in [0.1, 0.15) is 17.0 Å². The first-order valence-electron chi connectivity index (χ1n) is 9.49. The lowest BCUT2D eigenvalue weighted by Gasteiger charge is -2.10. The number of aromatic nitrogens is 2. The number of aliphatic hydroxyl groups is 2. The van der Waals surface area contributed by atoms with Crippen molar-refractivity contribution in [3.8, 4) is 23.0 Å². The third-order valence-corrected chi connectivity index (χ3v) is 4.57. The minimum absolute atomic E-state index is 0.103. The van der Waals surface area contributed by atoms with Crippen molar-refractivity contribution >= 4 is 17.7 Å². The van der Waals surface area contributed by atoms with Crippen molar-refractivity contribution in [1.82, 2.24) is 15.3 Å². The molecule has 0 aliphatic carbocycles. The van der Waals surface area contributed by atoms with E-state index >= 15 is 0 Å². The molecule has 0 fully saturated rings. The first-order valence-corrected chi connectivity index (χ1v) is 9.87. The van der Waals surface area contributed by atoms with Crippen LogP contribution < -0.4 is 5.32 Å². The van der Waals surface area contributed by atoms with E-state index in [0.717, 1.165) is 22.4 Å². The minimum Gasteiger partial charge on any atom is -0.395 e. The number of nitrogens with one attached hydrogen (secondary N) is 1. The van der Waals surface area contributed by atoms with E-state index < -0.39 is 0 Å². The highest BCUT2D eigenvalue weighted by Gasteiger charge is 2.01. The quantitative estimate of drug-likeness (QED) is 0.513. The molecule has 152 valence electrons. The SMILES string of the molecule is OCC(CO)NCC=Cc1ccc(C#Cc2ccc(-c3ccc(Cl)cc3)cn2)cn1. The lowest BCUT2D eigenvalue weighted by atomic mass is 10.1. The highest BCUT2D eigenvalue weighted by molar-refractivity contribution is 6.30. The fraction of sp³-hybridized carbons (Fsp3) is 0.167. The average molecular weight is 420 g/mol. The summed E-state index contributed by atoms with van der Waals surface area (Å²) in [5, 5.41) is 21.7. The summed E-state index contributed by atoms with van der Waals surface area (Å²) < 4.78 is 0. The second-order valence-electron chi connectivity index (χ2n) is 6.53. The van der Waals surface area contributed by atoms with E-state index in [2.05, 4.69) is 27.1 Å². The second-order valence-corrected chi connectivity index (χ2v) is 6.97. The maximum atomic E-state index is 9.00. The summed E-state index contributed by atoms with van der Waals surface area (Å²) >= 11 is 5.93. The van der Waals surface area contributed by atoms with Crippen LogP contribution in [0.25, 0.3) is 17.2 Å². The number of pyridine rings is 2. The van der Waals surface area contributed by atoms with Crippen LogP contribution in [0.4, 0.5) is 0 Å². The van der Waals surface area contributed by atoms with Gasteiger partial charge in [0.1, 0.15) is 5.69 Å². The minimum atomic E-state index is -0.311. The van der Waals surface area contributed by atoms with Gasteiger partial charge in [-0.2, -0.15) is 0 Å². The van der Waals surface area contributed by atoms with Gasteiger partial charge in [-0.3, -0.25) is 4.98 Å². The maximum Gasteiger partial charge on any atom is 0.113 e. The summed E-state index contributed by atoms with van der Waals surface area (Å²) in [4.78, 5) is 8.77. The molecule has 2 aromatic heterocycles. The summed E-state index contributed by atoms with van der Waals surface area (Å²) in [6, 6.07) is 15.0. The van der Waals surface area contributed by atoms with Gasteiger partial charge >= 0.3 is 0 Å². The molecule has 0 atom stereocenters. The lowest BCUT2D eigenvalue weighted by molar-refractivity contribution is 0.174. The molecule has 1 aromatic carbocycles. The van der Waals surface area contributed by atoms with Gasteiger partial charge in [-0.25, -0.2) is 4.98 Å². The second kappa shape index (κ2) is 11.2. The predicted molar refractivity (Wildman–Crippen MR) is 120 cm³/mol. The summed E-state index contributed by atoms with van der Waals surface area (Å²) in [5.74, 6) is 6.12. The monoisotopic (exact) mass is 419 g/mol. The van der Waals surface area contributed by atoms with Gasteiger partial charge in [-0.15, -0.1) is 0 Å². The van der Waals surface area contributed by atoms with E-state index in [-0.39, 0.29) is 19.3 Å². The van der Waals surface area contributed by atoms with Gasteiger partial charge in [0.05, 0.1) is 24.9 Å². The van der Waals surface area contributed by atoms with Crippen LogP contribution in [0.3, 0.4) is 0 Å². The molecule has 0 spiro atoms. The normalized spacial score (nSPS) is 10.9. The highest BCUT2D eigenvalue weighted by atomic mass is 35.5. The van der Waals surface area contributed by atoms with Crippen molar-refractivity contribution in [1.29, 1.82) is 0 Å². The lowest BCUT2D eigenvalue weighted by Crippen LogP contribution is -2.35. The number of halogens is 1. The molecule has 3 rings (SSSR count). The standard InChI is InChI=1S/C24H22ClN3O2/c25-21-8-5-19(6-9-21)20-7-12-23(28-15-20)11-4-18-3-10-22(27-14-18)2-1-13-26-24(16-29)17-30/h1-3,5-10,12,14-15,24,26,29-30H,13,16-17H2. The zero-order valence-electron chi connectivity index (χ0n) is 16.3. The van der Waals surface area contributed by atoms with Gasteiger partial charge in [0.2, 0.25) is 0 Å². The van der Waals surface area contributed by atoms with Gasteiger partial charge in [0.15, 0.2) is 0 Å². The number of hydrogen-bond acceptors (Lipinski definition) is 5. The van der Waals surface area contributed by atoms with Gasteiger partial charge < -0.3 is 15.5 Å². The summed E-state index contributed by atoms with van der Waals surface area (Å²) in [6.07, 6.45) is 7.27. The van der Waals surface area contributed by atoms with Crippen LogP contribution in [0.5, 0.6) is 0 Å². The van der Waals surface area contributed by atoms with E-state index in [1.165, 1.54) is 0 Å². The molecule has 30 heavy (non-hydrogen) atoms. The van der Waals surface area contributed by atoms with E-state index in [9.17, 15) is 0 Å². The number of nitrogens with zero attached hydrogens (tertiary/aromatic N) is 2.